The number of nitrogens with zero attached hydrogens (tertiary/aromatic N) is 2. The highest BCUT2D eigenvalue weighted by molar-refractivity contribution is 7.91. The average Bonchev–Trinajstić information content (AvgIpc) is 3.21. The number of amides is 1. The monoisotopic (exact) mass is 435 g/mol. The Labute approximate surface area is 172 Å². The Bertz CT molecular complexity index is 1100. The number of rotatable bonds is 8. The molecule has 0 bridgehead atoms. The van der Waals surface area contributed by atoms with Gasteiger partial charge in [0.2, 0.25) is 0 Å². The fraction of sp³-hybridized carbons (Fsp3) is 0.211. The lowest BCUT2D eigenvalue weighted by atomic mass is 10.2. The summed E-state index contributed by atoms with van der Waals surface area (Å²) in [6, 6.07) is 13.2. The third kappa shape index (κ3) is 5.33. The topological polar surface area (TPSA) is 111 Å². The first-order chi connectivity index (χ1) is 13.9. The van der Waals surface area contributed by atoms with Gasteiger partial charge in [0.15, 0.2) is 15.7 Å². The molecule has 0 saturated heterocycles. The highest BCUT2D eigenvalue weighted by atomic mass is 35.5. The van der Waals surface area contributed by atoms with Gasteiger partial charge in [-0.05, 0) is 35.9 Å². The Morgan fingerprint density at radius 1 is 1.17 bits per heavy atom. The van der Waals surface area contributed by atoms with Crippen molar-refractivity contribution in [1.29, 1.82) is 0 Å². The highest BCUT2D eigenvalue weighted by Gasteiger charge is 2.19. The minimum Gasteiger partial charge on any atom is -0.497 e. The molecule has 0 saturated carbocycles. The summed E-state index contributed by atoms with van der Waals surface area (Å²) in [7, 11) is -2.04. The summed E-state index contributed by atoms with van der Waals surface area (Å²) in [5.74, 6) is -0.338. The van der Waals surface area contributed by atoms with Crippen LogP contribution in [0.4, 0.5) is 0 Å². The molecule has 0 fully saturated rings. The van der Waals surface area contributed by atoms with Crippen molar-refractivity contribution in [2.24, 2.45) is 0 Å². The number of aryl methyl sites for hydroxylation is 1. The van der Waals surface area contributed by atoms with Crippen LogP contribution in [0.25, 0.3) is 0 Å². The van der Waals surface area contributed by atoms with E-state index in [0.29, 0.717) is 10.8 Å². The minimum atomic E-state index is -3.54. The van der Waals surface area contributed by atoms with Crippen LogP contribution in [0.15, 0.2) is 57.9 Å². The Hall–Kier alpha value is -2.91. The molecule has 152 valence electrons. The Kier molecular flexibility index (Phi) is 6.50. The van der Waals surface area contributed by atoms with Crippen LogP contribution in [0.5, 0.6) is 5.75 Å². The average molecular weight is 436 g/mol. The van der Waals surface area contributed by atoms with Crippen molar-refractivity contribution in [2.75, 3.05) is 12.9 Å². The first kappa shape index (κ1) is 20.8. The number of carbonyl (C=O) groups excluding carboxylic acids is 1. The molecular weight excluding hydrogens is 418 g/mol. The molecule has 29 heavy (non-hydrogen) atoms. The number of benzene rings is 2. The van der Waals surface area contributed by atoms with Crippen LogP contribution in [0.3, 0.4) is 0 Å². The molecular formula is C19H18ClN3O5S. The smallest absolute Gasteiger partial charge is 0.315 e. The van der Waals surface area contributed by atoms with Crippen molar-refractivity contribution in [3.8, 4) is 5.75 Å². The van der Waals surface area contributed by atoms with Gasteiger partial charge in [-0.15, -0.1) is 0 Å². The Morgan fingerprint density at radius 3 is 2.59 bits per heavy atom. The lowest BCUT2D eigenvalue weighted by Gasteiger charge is -2.04. The first-order valence-corrected chi connectivity index (χ1v) is 10.6. The van der Waals surface area contributed by atoms with Crippen molar-refractivity contribution >= 4 is 27.3 Å². The molecule has 3 rings (SSSR count). The van der Waals surface area contributed by atoms with Crippen molar-refractivity contribution in [2.45, 2.75) is 17.9 Å². The van der Waals surface area contributed by atoms with Crippen LogP contribution < -0.4 is 10.1 Å². The number of aromatic nitrogens is 2. The van der Waals surface area contributed by atoms with Crippen LogP contribution in [-0.2, 0) is 22.8 Å². The fourth-order valence-corrected chi connectivity index (χ4v) is 3.91. The zero-order chi connectivity index (χ0) is 20.9. The van der Waals surface area contributed by atoms with Crippen molar-refractivity contribution < 1.29 is 22.5 Å². The van der Waals surface area contributed by atoms with E-state index in [4.69, 9.17) is 20.9 Å². The van der Waals surface area contributed by atoms with E-state index in [9.17, 15) is 13.2 Å². The van der Waals surface area contributed by atoms with Gasteiger partial charge in [-0.1, -0.05) is 35.0 Å². The number of halogens is 1. The summed E-state index contributed by atoms with van der Waals surface area (Å²) in [6.07, 6.45) is 0.00958. The highest BCUT2D eigenvalue weighted by Crippen LogP contribution is 2.17. The molecule has 1 heterocycles. The van der Waals surface area contributed by atoms with Crippen LogP contribution in [0.1, 0.15) is 22.1 Å². The quantitative estimate of drug-likeness (QED) is 0.578. The second-order valence-corrected chi connectivity index (χ2v) is 8.55. The number of hydrogen-bond donors (Lipinski definition) is 1. The van der Waals surface area contributed by atoms with E-state index in [1.165, 1.54) is 19.2 Å². The number of carbonyl (C=O) groups is 1. The first-order valence-electron chi connectivity index (χ1n) is 8.60. The van der Waals surface area contributed by atoms with E-state index < -0.39 is 15.7 Å². The van der Waals surface area contributed by atoms with Gasteiger partial charge in [0, 0.05) is 18.0 Å². The molecule has 1 N–H and O–H groups in total. The van der Waals surface area contributed by atoms with Gasteiger partial charge in [-0.25, -0.2) is 8.42 Å². The molecule has 8 nitrogen and oxygen atoms in total. The number of methoxy groups -OCH3 is 1. The molecule has 1 aromatic heterocycles. The molecule has 0 aliphatic rings. The maximum absolute atomic E-state index is 12.4. The number of nitrogens with one attached hydrogen (secondary N) is 1. The van der Waals surface area contributed by atoms with Gasteiger partial charge < -0.3 is 14.6 Å². The molecule has 0 unspecified atom stereocenters. The number of sulfone groups is 1. The van der Waals surface area contributed by atoms with Gasteiger partial charge >= 0.3 is 11.8 Å². The van der Waals surface area contributed by atoms with E-state index in [0.717, 1.165) is 5.56 Å². The molecule has 2 aromatic carbocycles. The van der Waals surface area contributed by atoms with Crippen LogP contribution in [-0.4, -0.2) is 37.3 Å². The molecule has 0 aliphatic carbocycles. The van der Waals surface area contributed by atoms with Gasteiger partial charge in [0.05, 0.1) is 17.8 Å². The molecule has 0 aliphatic heterocycles. The Morgan fingerprint density at radius 2 is 1.90 bits per heavy atom. The predicted molar refractivity (Wildman–Crippen MR) is 106 cm³/mol. The second-order valence-electron chi connectivity index (χ2n) is 6.03. The molecule has 0 radical (unpaired) electrons. The summed E-state index contributed by atoms with van der Waals surface area (Å²) < 4.78 is 34.8. The molecule has 10 heteroatoms. The van der Waals surface area contributed by atoms with Crippen LogP contribution in [0, 0.1) is 0 Å². The minimum absolute atomic E-state index is 0.00958. The normalized spacial score (nSPS) is 11.2. The van der Waals surface area contributed by atoms with Gasteiger partial charge in [-0.2, -0.15) is 4.98 Å². The standard InChI is InChI=1S/C19H18ClN3O5S/c1-27-14-6-8-15(9-7-14)29(25,26)11-10-17-22-19(28-23-17)18(24)21-12-13-4-2-3-5-16(13)20/h2-9H,10-12H2,1H3,(H,21,24). The van der Waals surface area contributed by atoms with E-state index in [1.807, 2.05) is 0 Å². The van der Waals surface area contributed by atoms with Crippen LogP contribution >= 0.6 is 11.6 Å². The number of ether oxygens (including phenoxy) is 1. The lowest BCUT2D eigenvalue weighted by Crippen LogP contribution is -2.23. The second kappa shape index (κ2) is 9.06. The zero-order valence-corrected chi connectivity index (χ0v) is 17.0. The van der Waals surface area contributed by atoms with Crippen LogP contribution in [0.2, 0.25) is 5.02 Å². The van der Waals surface area contributed by atoms with Crippen molar-refractivity contribution in [1.82, 2.24) is 15.5 Å². The molecule has 1 amide bonds. The molecule has 0 spiro atoms. The third-order valence-electron chi connectivity index (χ3n) is 4.07. The predicted octanol–water partition coefficient (Wildman–Crippen LogP) is 2.68. The summed E-state index contributed by atoms with van der Waals surface area (Å²) in [5.41, 5.74) is 0.743. The van der Waals surface area contributed by atoms with E-state index in [2.05, 4.69) is 15.5 Å². The lowest BCUT2D eigenvalue weighted by molar-refractivity contribution is 0.0907. The summed E-state index contributed by atoms with van der Waals surface area (Å²) in [4.78, 5) is 16.3. The largest absolute Gasteiger partial charge is 0.497 e. The SMILES string of the molecule is COc1ccc(S(=O)(=O)CCc2noc(C(=O)NCc3ccccc3Cl)n2)cc1. The fourth-order valence-electron chi connectivity index (χ4n) is 2.47. The van der Waals surface area contributed by atoms with Gasteiger partial charge in [0.1, 0.15) is 5.75 Å². The van der Waals surface area contributed by atoms with E-state index in [1.54, 1.807) is 36.4 Å². The van der Waals surface area contributed by atoms with Crippen molar-refractivity contribution in [3.05, 3.63) is 70.8 Å². The zero-order valence-electron chi connectivity index (χ0n) is 15.5. The third-order valence-corrected chi connectivity index (χ3v) is 6.17. The van der Waals surface area contributed by atoms with Crippen molar-refractivity contribution in [3.63, 3.8) is 0 Å². The van der Waals surface area contributed by atoms with Gasteiger partial charge in [0.25, 0.3) is 0 Å². The number of hydrogen-bond acceptors (Lipinski definition) is 7. The maximum Gasteiger partial charge on any atom is 0.315 e. The summed E-state index contributed by atoms with van der Waals surface area (Å²) in [6.45, 7) is 0.196. The Balaban J connectivity index is 1.58. The summed E-state index contributed by atoms with van der Waals surface area (Å²) >= 11 is 6.04. The van der Waals surface area contributed by atoms with E-state index >= 15 is 0 Å². The van der Waals surface area contributed by atoms with E-state index in [-0.39, 0.29) is 35.3 Å². The summed E-state index contributed by atoms with van der Waals surface area (Å²) in [5, 5.41) is 6.84. The molecule has 3 aromatic rings. The van der Waals surface area contributed by atoms with Gasteiger partial charge in [-0.3, -0.25) is 4.79 Å². The molecule has 0 atom stereocenters. The maximum atomic E-state index is 12.4.